The third-order valence-corrected chi connectivity index (χ3v) is 5.30. The maximum Gasteiger partial charge on any atom is 0.267 e. The third kappa shape index (κ3) is 4.56. The molecule has 0 aliphatic carbocycles. The number of methoxy groups -OCH3 is 4. The van der Waals surface area contributed by atoms with Gasteiger partial charge in [-0.1, -0.05) is 18.2 Å². The van der Waals surface area contributed by atoms with Gasteiger partial charge in [-0.05, 0) is 23.8 Å². The number of hydrogen-bond donors (Lipinski definition) is 3. The first-order valence-corrected chi connectivity index (χ1v) is 9.92. The molecule has 1 unspecified atom stereocenters. The number of nitrogens with two attached hydrogens (primary N) is 1. The fraction of sp³-hybridized carbons (Fsp3) is 0.304. The van der Waals surface area contributed by atoms with Crippen molar-refractivity contribution in [2.24, 2.45) is 5.73 Å². The van der Waals surface area contributed by atoms with Gasteiger partial charge in [-0.2, -0.15) is 0 Å². The fourth-order valence-electron chi connectivity index (χ4n) is 3.83. The quantitative estimate of drug-likeness (QED) is 0.443. The third-order valence-electron chi connectivity index (χ3n) is 5.30. The maximum absolute atomic E-state index is 12.8. The van der Waals surface area contributed by atoms with Crippen LogP contribution in [-0.2, 0) is 11.2 Å². The number of benzene rings is 2. The molecule has 0 radical (unpaired) electrons. The average molecular weight is 441 g/mol. The highest BCUT2D eigenvalue weighted by Gasteiger charge is 2.29. The SMILES string of the molecule is COc1ccc(Cc2[nH][nH]c(=O)c2C(CC(N)=O)c2ccc(OC)c(OC)c2OC)cc1. The van der Waals surface area contributed by atoms with E-state index in [4.69, 9.17) is 24.7 Å². The van der Waals surface area contributed by atoms with Crippen LogP contribution in [0.2, 0.25) is 0 Å². The number of primary amides is 1. The molecule has 0 saturated heterocycles. The summed E-state index contributed by atoms with van der Waals surface area (Å²) in [5, 5.41) is 5.58. The monoisotopic (exact) mass is 441 g/mol. The van der Waals surface area contributed by atoms with E-state index in [1.165, 1.54) is 21.3 Å². The molecule has 0 saturated carbocycles. The predicted molar refractivity (Wildman–Crippen MR) is 119 cm³/mol. The lowest BCUT2D eigenvalue weighted by molar-refractivity contribution is -0.118. The summed E-state index contributed by atoms with van der Waals surface area (Å²) in [6.45, 7) is 0. The number of rotatable bonds is 10. The lowest BCUT2D eigenvalue weighted by Crippen LogP contribution is -2.21. The lowest BCUT2D eigenvalue weighted by Gasteiger charge is -2.21. The number of amides is 1. The van der Waals surface area contributed by atoms with E-state index in [0.29, 0.717) is 40.5 Å². The minimum atomic E-state index is -0.662. The number of hydrogen-bond acceptors (Lipinski definition) is 6. The van der Waals surface area contributed by atoms with Gasteiger partial charge in [-0.3, -0.25) is 14.7 Å². The van der Waals surface area contributed by atoms with Crippen LogP contribution in [0.25, 0.3) is 0 Å². The Kier molecular flexibility index (Phi) is 7.09. The van der Waals surface area contributed by atoms with E-state index in [1.807, 2.05) is 24.3 Å². The minimum absolute atomic E-state index is 0.0949. The van der Waals surface area contributed by atoms with Gasteiger partial charge in [0, 0.05) is 35.6 Å². The summed E-state index contributed by atoms with van der Waals surface area (Å²) >= 11 is 0. The smallest absolute Gasteiger partial charge is 0.267 e. The zero-order chi connectivity index (χ0) is 23.3. The van der Waals surface area contributed by atoms with Crippen molar-refractivity contribution in [3.05, 3.63) is 69.1 Å². The zero-order valence-corrected chi connectivity index (χ0v) is 18.5. The molecule has 0 aliphatic rings. The van der Waals surface area contributed by atoms with E-state index >= 15 is 0 Å². The highest BCUT2D eigenvalue weighted by Crippen LogP contribution is 2.45. The normalized spacial score (nSPS) is 11.6. The molecule has 0 bridgehead atoms. The van der Waals surface area contributed by atoms with Crippen LogP contribution in [0.5, 0.6) is 23.0 Å². The molecule has 3 rings (SSSR count). The predicted octanol–water partition coefficient (Wildman–Crippen LogP) is 2.34. The van der Waals surface area contributed by atoms with Crippen LogP contribution in [0.1, 0.15) is 34.7 Å². The Morgan fingerprint density at radius 3 is 2.16 bits per heavy atom. The Morgan fingerprint density at radius 1 is 0.906 bits per heavy atom. The van der Waals surface area contributed by atoms with Gasteiger partial charge in [0.15, 0.2) is 11.5 Å². The molecule has 0 fully saturated rings. The van der Waals surface area contributed by atoms with E-state index < -0.39 is 11.8 Å². The van der Waals surface area contributed by atoms with Crippen molar-refractivity contribution < 1.29 is 23.7 Å². The van der Waals surface area contributed by atoms with Gasteiger partial charge >= 0.3 is 0 Å². The molecule has 1 aromatic heterocycles. The average Bonchev–Trinajstić information content (AvgIpc) is 3.16. The number of carbonyl (C=O) groups excluding carboxylic acids is 1. The summed E-state index contributed by atoms with van der Waals surface area (Å²) in [6.07, 6.45) is 0.339. The summed E-state index contributed by atoms with van der Waals surface area (Å²) in [5.74, 6) is 0.721. The summed E-state index contributed by atoms with van der Waals surface area (Å²) in [4.78, 5) is 24.8. The van der Waals surface area contributed by atoms with Crippen molar-refractivity contribution in [2.45, 2.75) is 18.8 Å². The lowest BCUT2D eigenvalue weighted by atomic mass is 9.86. The Balaban J connectivity index is 2.13. The standard InChI is InChI=1S/C23H27N3O6/c1-29-14-7-5-13(6-8-14)11-17-20(23(28)26-25-17)16(12-19(24)27)15-9-10-18(30-2)22(32-4)21(15)31-3/h5-10,16H,11-12H2,1-4H3,(H2,24,27)(H2,25,26,28). The van der Waals surface area contributed by atoms with Crippen molar-refractivity contribution in [2.75, 3.05) is 28.4 Å². The first kappa shape index (κ1) is 22.8. The van der Waals surface area contributed by atoms with Crippen LogP contribution < -0.4 is 30.2 Å². The summed E-state index contributed by atoms with van der Waals surface area (Å²) < 4.78 is 21.6. The molecular weight excluding hydrogens is 414 g/mol. The zero-order valence-electron chi connectivity index (χ0n) is 18.5. The van der Waals surface area contributed by atoms with E-state index in [0.717, 1.165) is 11.3 Å². The van der Waals surface area contributed by atoms with Crippen LogP contribution in [-0.4, -0.2) is 44.5 Å². The number of H-pyrrole nitrogens is 2. The molecule has 2 aromatic carbocycles. The molecule has 32 heavy (non-hydrogen) atoms. The molecule has 0 aliphatic heterocycles. The van der Waals surface area contributed by atoms with Gasteiger partial charge in [0.25, 0.3) is 5.56 Å². The number of ether oxygens (including phenoxy) is 4. The Bertz CT molecular complexity index is 1130. The van der Waals surface area contributed by atoms with Crippen LogP contribution in [0.3, 0.4) is 0 Å². The van der Waals surface area contributed by atoms with Crippen molar-refractivity contribution >= 4 is 5.91 Å². The summed E-state index contributed by atoms with van der Waals surface area (Å²) in [7, 11) is 6.09. The van der Waals surface area contributed by atoms with E-state index in [2.05, 4.69) is 10.2 Å². The first-order valence-electron chi connectivity index (χ1n) is 9.92. The minimum Gasteiger partial charge on any atom is -0.497 e. The number of aromatic amines is 2. The summed E-state index contributed by atoms with van der Waals surface area (Å²) in [6, 6.07) is 11.0. The van der Waals surface area contributed by atoms with Gasteiger partial charge in [-0.25, -0.2) is 0 Å². The Morgan fingerprint density at radius 2 is 1.59 bits per heavy atom. The number of aromatic nitrogens is 2. The second-order valence-corrected chi connectivity index (χ2v) is 7.14. The Labute approximate surface area is 185 Å². The van der Waals surface area contributed by atoms with Gasteiger partial charge in [0.05, 0.1) is 28.4 Å². The fourth-order valence-corrected chi connectivity index (χ4v) is 3.83. The second kappa shape index (κ2) is 9.95. The van der Waals surface area contributed by atoms with Gasteiger partial charge in [-0.15, -0.1) is 0 Å². The molecule has 4 N–H and O–H groups in total. The summed E-state index contributed by atoms with van der Waals surface area (Å²) in [5.41, 5.74) is 7.83. The number of carbonyl (C=O) groups is 1. The topological polar surface area (TPSA) is 129 Å². The second-order valence-electron chi connectivity index (χ2n) is 7.14. The highest BCUT2D eigenvalue weighted by atomic mass is 16.5. The molecular formula is C23H27N3O6. The van der Waals surface area contributed by atoms with Gasteiger partial charge in [0.1, 0.15) is 5.75 Å². The molecule has 170 valence electrons. The van der Waals surface area contributed by atoms with Crippen LogP contribution in [0.15, 0.2) is 41.2 Å². The first-order chi connectivity index (χ1) is 15.4. The largest absolute Gasteiger partial charge is 0.497 e. The van der Waals surface area contributed by atoms with Crippen molar-refractivity contribution in [1.82, 2.24) is 10.2 Å². The van der Waals surface area contributed by atoms with Gasteiger partial charge in [0.2, 0.25) is 11.7 Å². The highest BCUT2D eigenvalue weighted by molar-refractivity contribution is 5.76. The molecule has 9 nitrogen and oxygen atoms in total. The maximum atomic E-state index is 12.8. The number of nitrogens with one attached hydrogen (secondary N) is 2. The van der Waals surface area contributed by atoms with E-state index in [9.17, 15) is 9.59 Å². The molecule has 0 spiro atoms. The van der Waals surface area contributed by atoms with Crippen molar-refractivity contribution in [3.8, 4) is 23.0 Å². The van der Waals surface area contributed by atoms with Crippen LogP contribution >= 0.6 is 0 Å². The van der Waals surface area contributed by atoms with E-state index in [-0.39, 0.29) is 12.0 Å². The van der Waals surface area contributed by atoms with E-state index in [1.54, 1.807) is 19.2 Å². The molecule has 3 aromatic rings. The Hall–Kier alpha value is -3.88. The molecule has 1 heterocycles. The molecule has 9 heteroatoms. The van der Waals surface area contributed by atoms with Crippen molar-refractivity contribution in [1.29, 1.82) is 0 Å². The van der Waals surface area contributed by atoms with Gasteiger partial charge < -0.3 is 29.8 Å². The molecule has 1 atom stereocenters. The molecule has 1 amide bonds. The van der Waals surface area contributed by atoms with Crippen LogP contribution in [0, 0.1) is 0 Å². The van der Waals surface area contributed by atoms with Crippen LogP contribution in [0.4, 0.5) is 0 Å². The van der Waals surface area contributed by atoms with Crippen molar-refractivity contribution in [3.63, 3.8) is 0 Å².